The van der Waals surface area contributed by atoms with Crippen LogP contribution in [0, 0.1) is 11.8 Å². The second-order valence-electron chi connectivity index (χ2n) is 4.51. The molecule has 14 heavy (non-hydrogen) atoms. The molecule has 0 N–H and O–H groups in total. The number of rotatable bonds is 3. The van der Waals surface area contributed by atoms with E-state index >= 15 is 0 Å². The summed E-state index contributed by atoms with van der Waals surface area (Å²) in [4.78, 5) is 13.7. The Labute approximate surface area is 91.6 Å². The van der Waals surface area contributed by atoms with Gasteiger partial charge in [-0.15, -0.1) is 11.6 Å². The fraction of sp³-hybridized carbons (Fsp3) is 0.909. The Bertz CT molecular complexity index is 205. The minimum Gasteiger partial charge on any atom is -0.344 e. The van der Waals surface area contributed by atoms with Crippen LogP contribution in [0.2, 0.25) is 0 Å². The number of hydrogen-bond donors (Lipinski definition) is 0. The molecule has 1 rings (SSSR count). The van der Waals surface area contributed by atoms with Crippen LogP contribution in [0.3, 0.4) is 0 Å². The van der Waals surface area contributed by atoms with Gasteiger partial charge in [-0.05, 0) is 25.7 Å². The van der Waals surface area contributed by atoms with E-state index in [0.717, 1.165) is 6.42 Å². The molecule has 0 spiro atoms. The molecule has 1 saturated carbocycles. The van der Waals surface area contributed by atoms with Crippen molar-refractivity contribution in [2.24, 2.45) is 11.8 Å². The summed E-state index contributed by atoms with van der Waals surface area (Å²) in [5.74, 6) is 1.08. The summed E-state index contributed by atoms with van der Waals surface area (Å²) >= 11 is 5.87. The SMILES string of the molecule is CC(Cl)CN(C)C(=O)C1CCCC1C. The van der Waals surface area contributed by atoms with Crippen LogP contribution in [0.5, 0.6) is 0 Å². The third-order valence-corrected chi connectivity index (χ3v) is 3.22. The molecule has 0 saturated heterocycles. The van der Waals surface area contributed by atoms with Gasteiger partial charge in [-0.25, -0.2) is 0 Å². The van der Waals surface area contributed by atoms with E-state index in [4.69, 9.17) is 11.6 Å². The van der Waals surface area contributed by atoms with Gasteiger partial charge in [0.1, 0.15) is 0 Å². The van der Waals surface area contributed by atoms with Crippen molar-refractivity contribution in [3.8, 4) is 0 Å². The van der Waals surface area contributed by atoms with E-state index < -0.39 is 0 Å². The molecular formula is C11H20ClNO. The quantitative estimate of drug-likeness (QED) is 0.666. The largest absolute Gasteiger partial charge is 0.344 e. The first-order chi connectivity index (χ1) is 6.52. The van der Waals surface area contributed by atoms with E-state index in [0.29, 0.717) is 12.5 Å². The standard InChI is InChI=1S/C11H20ClNO/c1-8-5-4-6-10(8)11(14)13(3)7-9(2)12/h8-10H,4-7H2,1-3H3. The molecule has 3 atom stereocenters. The lowest BCUT2D eigenvalue weighted by Gasteiger charge is -2.24. The summed E-state index contributed by atoms with van der Waals surface area (Å²) in [6.07, 6.45) is 3.45. The first-order valence-corrected chi connectivity index (χ1v) is 5.85. The normalized spacial score (nSPS) is 28.9. The van der Waals surface area contributed by atoms with Crippen molar-refractivity contribution in [3.63, 3.8) is 0 Å². The van der Waals surface area contributed by atoms with E-state index in [2.05, 4.69) is 6.92 Å². The summed E-state index contributed by atoms with van der Waals surface area (Å²) in [6, 6.07) is 0. The van der Waals surface area contributed by atoms with Crippen molar-refractivity contribution in [1.29, 1.82) is 0 Å². The van der Waals surface area contributed by atoms with Gasteiger partial charge in [0.15, 0.2) is 0 Å². The highest BCUT2D eigenvalue weighted by Crippen LogP contribution is 2.32. The number of nitrogens with zero attached hydrogens (tertiary/aromatic N) is 1. The zero-order valence-corrected chi connectivity index (χ0v) is 10.0. The van der Waals surface area contributed by atoms with Gasteiger partial charge in [-0.2, -0.15) is 0 Å². The van der Waals surface area contributed by atoms with Crippen LogP contribution in [0.25, 0.3) is 0 Å². The summed E-state index contributed by atoms with van der Waals surface area (Å²) in [6.45, 7) is 4.75. The summed E-state index contributed by atoms with van der Waals surface area (Å²) in [7, 11) is 1.85. The lowest BCUT2D eigenvalue weighted by molar-refractivity contribution is -0.135. The molecule has 3 heteroatoms. The van der Waals surface area contributed by atoms with E-state index in [1.165, 1.54) is 12.8 Å². The van der Waals surface area contributed by atoms with Crippen molar-refractivity contribution in [2.75, 3.05) is 13.6 Å². The second kappa shape index (κ2) is 5.01. The molecule has 2 nitrogen and oxygen atoms in total. The smallest absolute Gasteiger partial charge is 0.225 e. The average Bonchev–Trinajstić information content (AvgIpc) is 2.48. The maximum atomic E-state index is 12.0. The summed E-state index contributed by atoms with van der Waals surface area (Å²) in [5.41, 5.74) is 0. The Hall–Kier alpha value is -0.240. The molecule has 0 radical (unpaired) electrons. The Morgan fingerprint density at radius 1 is 1.57 bits per heavy atom. The van der Waals surface area contributed by atoms with Crippen molar-refractivity contribution in [2.45, 2.75) is 38.5 Å². The van der Waals surface area contributed by atoms with E-state index in [1.807, 2.05) is 14.0 Å². The Kier molecular flexibility index (Phi) is 4.24. The van der Waals surface area contributed by atoms with Crippen molar-refractivity contribution in [3.05, 3.63) is 0 Å². The first kappa shape index (κ1) is 11.8. The molecule has 1 amide bonds. The van der Waals surface area contributed by atoms with E-state index in [1.54, 1.807) is 4.90 Å². The zero-order chi connectivity index (χ0) is 10.7. The molecule has 0 aromatic rings. The predicted octanol–water partition coefficient (Wildman–Crippen LogP) is 2.51. The molecule has 0 heterocycles. The lowest BCUT2D eigenvalue weighted by atomic mass is 9.97. The van der Waals surface area contributed by atoms with Crippen LogP contribution in [-0.2, 0) is 4.79 Å². The predicted molar refractivity (Wildman–Crippen MR) is 59.5 cm³/mol. The highest BCUT2D eigenvalue weighted by Gasteiger charge is 2.31. The van der Waals surface area contributed by atoms with Crippen molar-refractivity contribution >= 4 is 17.5 Å². The fourth-order valence-electron chi connectivity index (χ4n) is 2.26. The average molecular weight is 218 g/mol. The highest BCUT2D eigenvalue weighted by atomic mass is 35.5. The molecule has 0 bridgehead atoms. The van der Waals surface area contributed by atoms with E-state index in [9.17, 15) is 4.79 Å². The number of hydrogen-bond acceptors (Lipinski definition) is 1. The van der Waals surface area contributed by atoms with Gasteiger partial charge in [-0.1, -0.05) is 13.3 Å². The lowest BCUT2D eigenvalue weighted by Crippen LogP contribution is -2.37. The number of carbonyl (C=O) groups excluding carboxylic acids is 1. The van der Waals surface area contributed by atoms with Crippen LogP contribution < -0.4 is 0 Å². The fourth-order valence-corrected chi connectivity index (χ4v) is 2.47. The van der Waals surface area contributed by atoms with Gasteiger partial charge in [0, 0.05) is 24.9 Å². The minimum absolute atomic E-state index is 0.0423. The van der Waals surface area contributed by atoms with Crippen LogP contribution in [-0.4, -0.2) is 29.8 Å². The second-order valence-corrected chi connectivity index (χ2v) is 5.26. The number of amides is 1. The Morgan fingerprint density at radius 3 is 2.64 bits per heavy atom. The van der Waals surface area contributed by atoms with Crippen LogP contribution in [0.4, 0.5) is 0 Å². The molecular weight excluding hydrogens is 198 g/mol. The van der Waals surface area contributed by atoms with Crippen LogP contribution in [0.15, 0.2) is 0 Å². The molecule has 0 aliphatic heterocycles. The molecule has 0 aromatic heterocycles. The third-order valence-electron chi connectivity index (χ3n) is 3.08. The Morgan fingerprint density at radius 2 is 2.21 bits per heavy atom. The third kappa shape index (κ3) is 2.88. The summed E-state index contributed by atoms with van der Waals surface area (Å²) < 4.78 is 0. The monoisotopic (exact) mass is 217 g/mol. The zero-order valence-electron chi connectivity index (χ0n) is 9.29. The van der Waals surface area contributed by atoms with Gasteiger partial charge >= 0.3 is 0 Å². The molecule has 1 aliphatic carbocycles. The molecule has 82 valence electrons. The Balaban J connectivity index is 2.47. The van der Waals surface area contributed by atoms with Gasteiger partial charge in [0.25, 0.3) is 0 Å². The van der Waals surface area contributed by atoms with Crippen LogP contribution >= 0.6 is 11.6 Å². The van der Waals surface area contributed by atoms with E-state index in [-0.39, 0.29) is 17.2 Å². The number of halogens is 1. The molecule has 0 aromatic carbocycles. The van der Waals surface area contributed by atoms with Gasteiger partial charge < -0.3 is 4.90 Å². The molecule has 1 fully saturated rings. The molecule has 1 aliphatic rings. The van der Waals surface area contributed by atoms with Crippen molar-refractivity contribution in [1.82, 2.24) is 4.90 Å². The van der Waals surface area contributed by atoms with Crippen molar-refractivity contribution < 1.29 is 4.79 Å². The van der Waals surface area contributed by atoms with Gasteiger partial charge in [0.05, 0.1) is 0 Å². The number of carbonyl (C=O) groups is 1. The van der Waals surface area contributed by atoms with Gasteiger partial charge in [-0.3, -0.25) is 4.79 Å². The highest BCUT2D eigenvalue weighted by molar-refractivity contribution is 6.20. The maximum absolute atomic E-state index is 12.0. The summed E-state index contributed by atoms with van der Waals surface area (Å²) in [5, 5.41) is 0.0423. The first-order valence-electron chi connectivity index (χ1n) is 5.41. The topological polar surface area (TPSA) is 20.3 Å². The maximum Gasteiger partial charge on any atom is 0.225 e. The number of alkyl halides is 1. The molecule has 3 unspecified atom stereocenters. The minimum atomic E-state index is 0.0423. The van der Waals surface area contributed by atoms with Gasteiger partial charge in [0.2, 0.25) is 5.91 Å². The van der Waals surface area contributed by atoms with Crippen LogP contribution in [0.1, 0.15) is 33.1 Å².